The van der Waals surface area contributed by atoms with Gasteiger partial charge in [-0.15, -0.1) is 0 Å². The standard InChI is InChI=1S/C27H28N4O3/c1-5-18(2)20-11-8-9-13-23(20)31-28-17-22-21-12-7-6-10-19(21)14-15-24(22)34-27-29-25(32-3)16-26(30-27)33-4/h6-18,31H,5H2,1-4H3/b28-17+. The minimum absolute atomic E-state index is 0.121. The van der Waals surface area contributed by atoms with Crippen LogP contribution in [0.4, 0.5) is 5.69 Å². The molecule has 1 unspecified atom stereocenters. The molecule has 7 nitrogen and oxygen atoms in total. The van der Waals surface area contributed by atoms with Crippen LogP contribution in [0.2, 0.25) is 0 Å². The Labute approximate surface area is 199 Å². The predicted molar refractivity (Wildman–Crippen MR) is 136 cm³/mol. The van der Waals surface area contributed by atoms with E-state index in [9.17, 15) is 0 Å². The smallest absolute Gasteiger partial charge is 0.328 e. The maximum atomic E-state index is 6.08. The van der Waals surface area contributed by atoms with E-state index in [1.54, 1.807) is 12.3 Å². The van der Waals surface area contributed by atoms with Crippen LogP contribution < -0.4 is 19.6 Å². The summed E-state index contributed by atoms with van der Waals surface area (Å²) in [7, 11) is 3.06. The molecule has 174 valence electrons. The third kappa shape index (κ3) is 5.09. The number of anilines is 1. The Morgan fingerprint density at radius 3 is 2.38 bits per heavy atom. The van der Waals surface area contributed by atoms with E-state index >= 15 is 0 Å². The van der Waals surface area contributed by atoms with Gasteiger partial charge in [0.1, 0.15) is 5.75 Å². The zero-order chi connectivity index (χ0) is 23.9. The van der Waals surface area contributed by atoms with Gasteiger partial charge in [-0.3, -0.25) is 5.43 Å². The van der Waals surface area contributed by atoms with Crippen LogP contribution in [-0.4, -0.2) is 30.4 Å². The molecule has 0 bridgehead atoms. The number of fused-ring (bicyclic) bond motifs is 1. The van der Waals surface area contributed by atoms with Crippen molar-refractivity contribution in [3.8, 4) is 23.5 Å². The highest BCUT2D eigenvalue weighted by Crippen LogP contribution is 2.31. The lowest BCUT2D eigenvalue weighted by atomic mass is 9.97. The van der Waals surface area contributed by atoms with Crippen molar-refractivity contribution in [1.82, 2.24) is 9.97 Å². The Bertz CT molecular complexity index is 1280. The summed E-state index contributed by atoms with van der Waals surface area (Å²) >= 11 is 0. The summed E-state index contributed by atoms with van der Waals surface area (Å²) < 4.78 is 16.6. The minimum Gasteiger partial charge on any atom is -0.481 e. The number of hydrogen-bond donors (Lipinski definition) is 1. The Kier molecular flexibility index (Phi) is 7.22. The Morgan fingerprint density at radius 2 is 1.65 bits per heavy atom. The van der Waals surface area contributed by atoms with E-state index in [2.05, 4.69) is 46.5 Å². The molecule has 0 aliphatic heterocycles. The van der Waals surface area contributed by atoms with Crippen molar-refractivity contribution in [2.75, 3.05) is 19.6 Å². The molecule has 7 heteroatoms. The minimum atomic E-state index is 0.121. The van der Waals surface area contributed by atoms with Crippen molar-refractivity contribution in [3.63, 3.8) is 0 Å². The zero-order valence-electron chi connectivity index (χ0n) is 19.8. The summed E-state index contributed by atoms with van der Waals surface area (Å²) in [5.74, 6) is 1.69. The third-order valence-electron chi connectivity index (χ3n) is 5.69. The SMILES string of the molecule is CCC(C)c1ccccc1N/N=C/c1c(Oc2nc(OC)cc(OC)n2)ccc2ccccc12. The van der Waals surface area contributed by atoms with Gasteiger partial charge < -0.3 is 14.2 Å². The summed E-state index contributed by atoms with van der Waals surface area (Å²) in [5.41, 5.74) is 6.23. The van der Waals surface area contributed by atoms with Gasteiger partial charge in [-0.25, -0.2) is 0 Å². The van der Waals surface area contributed by atoms with E-state index in [0.717, 1.165) is 28.4 Å². The molecular weight excluding hydrogens is 428 g/mol. The molecule has 4 rings (SSSR count). The van der Waals surface area contributed by atoms with Crippen LogP contribution in [0.15, 0.2) is 71.8 Å². The number of methoxy groups -OCH3 is 2. The number of nitrogens with one attached hydrogen (secondary N) is 1. The molecule has 1 aromatic heterocycles. The second-order valence-electron chi connectivity index (χ2n) is 7.80. The molecule has 0 saturated heterocycles. The van der Waals surface area contributed by atoms with E-state index in [1.807, 2.05) is 48.5 Å². The van der Waals surface area contributed by atoms with Gasteiger partial charge in [-0.05, 0) is 40.8 Å². The Morgan fingerprint density at radius 1 is 0.941 bits per heavy atom. The van der Waals surface area contributed by atoms with Crippen LogP contribution >= 0.6 is 0 Å². The fourth-order valence-corrected chi connectivity index (χ4v) is 3.65. The molecule has 0 amide bonds. The Hall–Kier alpha value is -4.13. The molecule has 1 N–H and O–H groups in total. The van der Waals surface area contributed by atoms with Crippen molar-refractivity contribution in [2.24, 2.45) is 5.10 Å². The summed E-state index contributed by atoms with van der Waals surface area (Å²) in [6, 6.07) is 21.9. The highest BCUT2D eigenvalue weighted by atomic mass is 16.5. The summed E-state index contributed by atoms with van der Waals surface area (Å²) in [4.78, 5) is 8.58. The number of aromatic nitrogens is 2. The average Bonchev–Trinajstić information content (AvgIpc) is 2.89. The van der Waals surface area contributed by atoms with E-state index in [1.165, 1.54) is 19.8 Å². The van der Waals surface area contributed by atoms with Crippen molar-refractivity contribution < 1.29 is 14.2 Å². The molecule has 3 aromatic carbocycles. The van der Waals surface area contributed by atoms with Gasteiger partial charge in [0.25, 0.3) is 0 Å². The highest BCUT2D eigenvalue weighted by Gasteiger charge is 2.13. The lowest BCUT2D eigenvalue weighted by Crippen LogP contribution is -2.01. The van der Waals surface area contributed by atoms with Crippen molar-refractivity contribution in [3.05, 3.63) is 77.9 Å². The second kappa shape index (κ2) is 10.7. The van der Waals surface area contributed by atoms with Crippen LogP contribution in [0.3, 0.4) is 0 Å². The molecule has 4 aromatic rings. The van der Waals surface area contributed by atoms with Crippen LogP contribution in [0.1, 0.15) is 37.3 Å². The van der Waals surface area contributed by atoms with Crippen LogP contribution in [0, 0.1) is 0 Å². The first kappa shape index (κ1) is 23.0. The van der Waals surface area contributed by atoms with Gasteiger partial charge in [0.05, 0.1) is 32.2 Å². The maximum absolute atomic E-state index is 6.08. The molecule has 0 fully saturated rings. The number of rotatable bonds is 9. The first-order valence-corrected chi connectivity index (χ1v) is 11.2. The largest absolute Gasteiger partial charge is 0.481 e. The molecular formula is C27H28N4O3. The van der Waals surface area contributed by atoms with E-state index in [-0.39, 0.29) is 6.01 Å². The first-order chi connectivity index (χ1) is 16.6. The van der Waals surface area contributed by atoms with Gasteiger partial charge >= 0.3 is 6.01 Å². The fraction of sp³-hybridized carbons (Fsp3) is 0.222. The van der Waals surface area contributed by atoms with Crippen molar-refractivity contribution in [2.45, 2.75) is 26.2 Å². The van der Waals surface area contributed by atoms with Gasteiger partial charge in [0, 0.05) is 5.56 Å². The van der Waals surface area contributed by atoms with Crippen molar-refractivity contribution in [1.29, 1.82) is 0 Å². The second-order valence-corrected chi connectivity index (χ2v) is 7.80. The third-order valence-corrected chi connectivity index (χ3v) is 5.69. The van der Waals surface area contributed by atoms with Crippen LogP contribution in [-0.2, 0) is 0 Å². The normalized spacial score (nSPS) is 12.0. The molecule has 34 heavy (non-hydrogen) atoms. The van der Waals surface area contributed by atoms with Crippen LogP contribution in [0.25, 0.3) is 10.8 Å². The fourth-order valence-electron chi connectivity index (χ4n) is 3.65. The van der Waals surface area contributed by atoms with E-state index < -0.39 is 0 Å². The number of nitrogens with zero attached hydrogens (tertiary/aromatic N) is 3. The molecule has 0 aliphatic rings. The number of hydrogen-bond acceptors (Lipinski definition) is 7. The predicted octanol–water partition coefficient (Wildman–Crippen LogP) is 6.40. The number of ether oxygens (including phenoxy) is 3. The van der Waals surface area contributed by atoms with E-state index in [4.69, 9.17) is 14.2 Å². The molecule has 0 radical (unpaired) electrons. The highest BCUT2D eigenvalue weighted by molar-refractivity contribution is 6.02. The number of hydrazone groups is 1. The summed E-state index contributed by atoms with van der Waals surface area (Å²) in [5, 5.41) is 6.63. The average molecular weight is 457 g/mol. The molecule has 0 spiro atoms. The monoisotopic (exact) mass is 456 g/mol. The summed E-state index contributed by atoms with van der Waals surface area (Å²) in [6.45, 7) is 4.39. The topological polar surface area (TPSA) is 77.9 Å². The number of benzene rings is 3. The van der Waals surface area contributed by atoms with Crippen LogP contribution in [0.5, 0.6) is 23.5 Å². The van der Waals surface area contributed by atoms with Crippen molar-refractivity contribution >= 4 is 22.7 Å². The van der Waals surface area contributed by atoms with Gasteiger partial charge in [0.2, 0.25) is 11.8 Å². The molecule has 0 aliphatic carbocycles. The summed E-state index contributed by atoms with van der Waals surface area (Å²) in [6.07, 6.45) is 2.82. The molecule has 1 heterocycles. The Balaban J connectivity index is 1.70. The van der Waals surface area contributed by atoms with E-state index in [0.29, 0.717) is 23.4 Å². The lowest BCUT2D eigenvalue weighted by Gasteiger charge is -2.14. The maximum Gasteiger partial charge on any atom is 0.328 e. The molecule has 0 saturated carbocycles. The quantitative estimate of drug-likeness (QED) is 0.232. The number of para-hydroxylation sites is 1. The lowest BCUT2D eigenvalue weighted by molar-refractivity contribution is 0.348. The molecule has 1 atom stereocenters. The van der Waals surface area contributed by atoms with Gasteiger partial charge in [-0.2, -0.15) is 15.1 Å². The zero-order valence-corrected chi connectivity index (χ0v) is 19.8. The first-order valence-electron chi connectivity index (χ1n) is 11.2. The van der Waals surface area contributed by atoms with Gasteiger partial charge in [-0.1, -0.05) is 62.4 Å². The van der Waals surface area contributed by atoms with Gasteiger partial charge in [0.15, 0.2) is 0 Å².